The molecule has 4 rings (SSSR count). The van der Waals surface area contributed by atoms with Crippen LogP contribution in [0.5, 0.6) is 0 Å². The van der Waals surface area contributed by atoms with Crippen molar-refractivity contribution in [2.45, 2.75) is 82.8 Å². The fraction of sp³-hybridized carbons (Fsp3) is 0.833. The maximum atomic E-state index is 13.1. The number of carbonyl (C=O) groups excluding carboxylic acids is 1. The highest BCUT2D eigenvalue weighted by atomic mass is 16.2. The highest BCUT2D eigenvalue weighted by Gasteiger charge is 2.36. The number of urea groups is 1. The van der Waals surface area contributed by atoms with E-state index in [1.54, 1.807) is 0 Å². The zero-order valence-corrected chi connectivity index (χ0v) is 14.9. The first kappa shape index (κ1) is 15.9. The second kappa shape index (κ2) is 6.37. The van der Waals surface area contributed by atoms with Crippen LogP contribution in [-0.4, -0.2) is 55.8 Å². The Kier molecular flexibility index (Phi) is 4.22. The Morgan fingerprint density at radius 2 is 1.83 bits per heavy atom. The SMILES string of the molecule is C[C@@H]1CCC[C@H](C)N1C(=O)N1CCC[C@@H](c2nncn2C2CC2)C1. The van der Waals surface area contributed by atoms with E-state index >= 15 is 0 Å². The third kappa shape index (κ3) is 2.91. The highest BCUT2D eigenvalue weighted by Crippen LogP contribution is 2.38. The number of likely N-dealkylation sites (tertiary alicyclic amines) is 2. The van der Waals surface area contributed by atoms with Crippen molar-refractivity contribution in [3.05, 3.63) is 12.2 Å². The van der Waals surface area contributed by atoms with Crippen molar-refractivity contribution in [3.8, 4) is 0 Å². The molecule has 132 valence electrons. The molecule has 3 heterocycles. The average Bonchev–Trinajstić information content (AvgIpc) is 3.31. The first-order valence-corrected chi connectivity index (χ1v) is 9.61. The van der Waals surface area contributed by atoms with Gasteiger partial charge in [0.1, 0.15) is 12.2 Å². The van der Waals surface area contributed by atoms with Crippen LogP contribution in [0.4, 0.5) is 4.79 Å². The van der Waals surface area contributed by atoms with Crippen LogP contribution in [0.1, 0.15) is 76.6 Å². The molecule has 0 unspecified atom stereocenters. The Morgan fingerprint density at radius 1 is 1.08 bits per heavy atom. The van der Waals surface area contributed by atoms with Crippen LogP contribution >= 0.6 is 0 Å². The maximum absolute atomic E-state index is 13.1. The molecule has 1 saturated carbocycles. The van der Waals surface area contributed by atoms with Crippen LogP contribution in [0.25, 0.3) is 0 Å². The summed E-state index contributed by atoms with van der Waals surface area (Å²) in [5.74, 6) is 1.43. The van der Waals surface area contributed by atoms with E-state index in [0.29, 0.717) is 24.0 Å². The molecule has 6 nitrogen and oxygen atoms in total. The Bertz CT molecular complexity index is 586. The standard InChI is InChI=1S/C18H29N5O/c1-13-5-3-6-14(2)23(13)18(24)21-10-4-7-15(11-21)17-20-19-12-22(17)16-8-9-16/h12-16H,3-11H2,1-2H3/t13-,14+,15-/m1/s1. The lowest BCUT2D eigenvalue weighted by Crippen LogP contribution is -2.54. The summed E-state index contributed by atoms with van der Waals surface area (Å²) in [5, 5.41) is 8.54. The van der Waals surface area contributed by atoms with E-state index in [9.17, 15) is 4.79 Å². The summed E-state index contributed by atoms with van der Waals surface area (Å²) in [7, 11) is 0. The number of hydrogen-bond donors (Lipinski definition) is 0. The van der Waals surface area contributed by atoms with Gasteiger partial charge in [0.25, 0.3) is 0 Å². The predicted molar refractivity (Wildman–Crippen MR) is 91.9 cm³/mol. The lowest BCUT2D eigenvalue weighted by molar-refractivity contribution is 0.0837. The molecule has 1 aromatic rings. The smallest absolute Gasteiger partial charge is 0.320 e. The number of hydrogen-bond acceptors (Lipinski definition) is 3. The van der Waals surface area contributed by atoms with E-state index in [4.69, 9.17) is 0 Å². The minimum Gasteiger partial charge on any atom is -0.324 e. The summed E-state index contributed by atoms with van der Waals surface area (Å²) in [6.07, 6.45) is 10.0. The molecule has 3 aliphatic rings. The first-order valence-electron chi connectivity index (χ1n) is 9.61. The molecule has 1 aliphatic carbocycles. The van der Waals surface area contributed by atoms with Gasteiger partial charge >= 0.3 is 6.03 Å². The van der Waals surface area contributed by atoms with Crippen molar-refractivity contribution in [2.24, 2.45) is 0 Å². The highest BCUT2D eigenvalue weighted by molar-refractivity contribution is 5.75. The van der Waals surface area contributed by atoms with E-state index in [2.05, 4.69) is 38.4 Å². The average molecular weight is 331 g/mol. The number of carbonyl (C=O) groups is 1. The Hall–Kier alpha value is -1.59. The molecule has 6 heteroatoms. The third-order valence-electron chi connectivity index (χ3n) is 6.01. The number of nitrogens with zero attached hydrogens (tertiary/aromatic N) is 5. The fourth-order valence-electron chi connectivity index (χ4n) is 4.50. The third-order valence-corrected chi connectivity index (χ3v) is 6.01. The second-order valence-corrected chi connectivity index (χ2v) is 7.93. The number of rotatable bonds is 2. The van der Waals surface area contributed by atoms with Crippen molar-refractivity contribution in [2.75, 3.05) is 13.1 Å². The zero-order valence-electron chi connectivity index (χ0n) is 14.9. The topological polar surface area (TPSA) is 54.3 Å². The van der Waals surface area contributed by atoms with E-state index in [-0.39, 0.29) is 6.03 Å². The molecule has 0 aromatic carbocycles. The molecule has 0 spiro atoms. The van der Waals surface area contributed by atoms with Crippen LogP contribution in [0.3, 0.4) is 0 Å². The van der Waals surface area contributed by atoms with Crippen molar-refractivity contribution in [1.29, 1.82) is 0 Å². The van der Waals surface area contributed by atoms with Crippen LogP contribution in [0.15, 0.2) is 6.33 Å². The Balaban J connectivity index is 1.48. The van der Waals surface area contributed by atoms with Gasteiger partial charge in [-0.05, 0) is 58.8 Å². The van der Waals surface area contributed by atoms with Crippen LogP contribution in [0.2, 0.25) is 0 Å². The quantitative estimate of drug-likeness (QED) is 0.836. The van der Waals surface area contributed by atoms with Crippen LogP contribution in [0, 0.1) is 0 Å². The first-order chi connectivity index (χ1) is 11.6. The monoisotopic (exact) mass is 331 g/mol. The van der Waals surface area contributed by atoms with E-state index in [0.717, 1.165) is 44.6 Å². The minimum absolute atomic E-state index is 0.233. The molecule has 0 bridgehead atoms. The van der Waals surface area contributed by atoms with Gasteiger partial charge in [0.15, 0.2) is 0 Å². The van der Waals surface area contributed by atoms with Gasteiger partial charge in [-0.3, -0.25) is 0 Å². The van der Waals surface area contributed by atoms with Crippen molar-refractivity contribution in [3.63, 3.8) is 0 Å². The maximum Gasteiger partial charge on any atom is 0.320 e. The molecule has 3 fully saturated rings. The van der Waals surface area contributed by atoms with Crippen LogP contribution in [-0.2, 0) is 0 Å². The summed E-state index contributed by atoms with van der Waals surface area (Å²) >= 11 is 0. The van der Waals surface area contributed by atoms with Gasteiger partial charge in [-0.1, -0.05) is 0 Å². The molecule has 3 atom stereocenters. The molecule has 24 heavy (non-hydrogen) atoms. The molecular formula is C18H29N5O. The molecule has 2 amide bonds. The molecule has 0 radical (unpaired) electrons. The summed E-state index contributed by atoms with van der Waals surface area (Å²) < 4.78 is 2.25. The number of amides is 2. The van der Waals surface area contributed by atoms with Gasteiger partial charge < -0.3 is 14.4 Å². The minimum atomic E-state index is 0.233. The Morgan fingerprint density at radius 3 is 2.54 bits per heavy atom. The molecule has 0 N–H and O–H groups in total. The van der Waals surface area contributed by atoms with Crippen LogP contribution < -0.4 is 0 Å². The van der Waals surface area contributed by atoms with Crippen molar-refractivity contribution >= 4 is 6.03 Å². The van der Waals surface area contributed by atoms with E-state index in [1.807, 2.05) is 6.33 Å². The van der Waals surface area contributed by atoms with Gasteiger partial charge in [0, 0.05) is 37.1 Å². The molecule has 2 aliphatic heterocycles. The zero-order chi connectivity index (χ0) is 16.7. The van der Waals surface area contributed by atoms with Gasteiger partial charge in [-0.15, -0.1) is 10.2 Å². The van der Waals surface area contributed by atoms with Crippen molar-refractivity contribution in [1.82, 2.24) is 24.6 Å². The number of aromatic nitrogens is 3. The molecule has 1 aromatic heterocycles. The van der Waals surface area contributed by atoms with E-state index in [1.165, 1.54) is 19.3 Å². The molecular weight excluding hydrogens is 302 g/mol. The summed E-state index contributed by atoms with van der Waals surface area (Å²) in [4.78, 5) is 17.3. The van der Waals surface area contributed by atoms with Gasteiger partial charge in [-0.2, -0.15) is 0 Å². The van der Waals surface area contributed by atoms with Gasteiger partial charge in [-0.25, -0.2) is 4.79 Å². The predicted octanol–water partition coefficient (Wildman–Crippen LogP) is 3.18. The summed E-state index contributed by atoms with van der Waals surface area (Å²) in [6, 6.07) is 1.55. The normalized spacial score (nSPS) is 31.3. The molecule has 2 saturated heterocycles. The van der Waals surface area contributed by atoms with Crippen molar-refractivity contribution < 1.29 is 4.79 Å². The Labute approximate surface area is 144 Å². The largest absolute Gasteiger partial charge is 0.324 e. The summed E-state index contributed by atoms with van der Waals surface area (Å²) in [6.45, 7) is 6.06. The lowest BCUT2D eigenvalue weighted by atomic mass is 9.95. The number of piperidine rings is 2. The fourth-order valence-corrected chi connectivity index (χ4v) is 4.50. The van der Waals surface area contributed by atoms with E-state index < -0.39 is 0 Å². The van der Waals surface area contributed by atoms with Gasteiger partial charge in [0.2, 0.25) is 0 Å². The second-order valence-electron chi connectivity index (χ2n) is 7.93. The summed E-state index contributed by atoms with van der Waals surface area (Å²) in [5.41, 5.74) is 0. The lowest BCUT2D eigenvalue weighted by Gasteiger charge is -2.43. The van der Waals surface area contributed by atoms with Gasteiger partial charge in [0.05, 0.1) is 0 Å².